The molecule has 106 valence electrons. The van der Waals surface area contributed by atoms with Crippen LogP contribution >= 0.6 is 0 Å². The molecule has 1 atom stereocenters. The Balaban J connectivity index is 1.77. The Morgan fingerprint density at radius 2 is 2.00 bits per heavy atom. The molecule has 2 aliphatic rings. The molecule has 1 N–H and O–H groups in total. The highest BCUT2D eigenvalue weighted by Crippen LogP contribution is 2.29. The minimum Gasteiger partial charge on any atom is -0.389 e. The van der Waals surface area contributed by atoms with Gasteiger partial charge in [0.2, 0.25) is 0 Å². The van der Waals surface area contributed by atoms with Gasteiger partial charge >= 0.3 is 0 Å². The van der Waals surface area contributed by atoms with Crippen LogP contribution in [0.2, 0.25) is 0 Å². The largest absolute Gasteiger partial charge is 0.389 e. The number of β-amino-alcohol motifs (C(OH)–C–C–N with tert-alkyl or cyclic N) is 1. The van der Waals surface area contributed by atoms with Gasteiger partial charge < -0.3 is 9.84 Å². The lowest BCUT2D eigenvalue weighted by molar-refractivity contribution is -0.0559. The van der Waals surface area contributed by atoms with Crippen LogP contribution in [0.1, 0.15) is 58.3 Å². The highest BCUT2D eigenvalue weighted by molar-refractivity contribution is 4.87. The Kier molecular flexibility index (Phi) is 5.46. The topological polar surface area (TPSA) is 32.7 Å². The summed E-state index contributed by atoms with van der Waals surface area (Å²) in [6, 6.07) is 0. The quantitative estimate of drug-likeness (QED) is 0.819. The van der Waals surface area contributed by atoms with E-state index < -0.39 is 5.60 Å². The van der Waals surface area contributed by atoms with Crippen molar-refractivity contribution in [3.63, 3.8) is 0 Å². The van der Waals surface area contributed by atoms with E-state index in [1.807, 2.05) is 0 Å². The first-order valence-corrected chi connectivity index (χ1v) is 7.78. The van der Waals surface area contributed by atoms with E-state index in [0.717, 1.165) is 45.5 Å². The van der Waals surface area contributed by atoms with Crippen LogP contribution in [0.3, 0.4) is 0 Å². The zero-order valence-corrected chi connectivity index (χ0v) is 11.9. The summed E-state index contributed by atoms with van der Waals surface area (Å²) in [5, 5.41) is 10.6. The molecule has 1 saturated heterocycles. The van der Waals surface area contributed by atoms with Crippen LogP contribution in [-0.2, 0) is 4.74 Å². The molecule has 18 heavy (non-hydrogen) atoms. The van der Waals surface area contributed by atoms with E-state index in [-0.39, 0.29) is 0 Å². The average molecular weight is 255 g/mol. The number of likely N-dealkylation sites (tertiary alicyclic amines) is 1. The Labute approximate surface area is 112 Å². The highest BCUT2D eigenvalue weighted by Gasteiger charge is 2.33. The number of hydrogen-bond acceptors (Lipinski definition) is 3. The molecule has 3 nitrogen and oxygen atoms in total. The second kappa shape index (κ2) is 6.88. The maximum atomic E-state index is 10.6. The molecular weight excluding hydrogens is 226 g/mol. The van der Waals surface area contributed by atoms with Crippen LogP contribution in [-0.4, -0.2) is 48.0 Å². The van der Waals surface area contributed by atoms with E-state index in [1.165, 1.54) is 32.1 Å². The highest BCUT2D eigenvalue weighted by atomic mass is 16.5. The maximum Gasteiger partial charge on any atom is 0.0774 e. The maximum absolute atomic E-state index is 10.6. The van der Waals surface area contributed by atoms with E-state index >= 15 is 0 Å². The lowest BCUT2D eigenvalue weighted by Crippen LogP contribution is -2.49. The fourth-order valence-electron chi connectivity index (χ4n) is 3.36. The first-order chi connectivity index (χ1) is 8.72. The van der Waals surface area contributed by atoms with E-state index in [4.69, 9.17) is 4.74 Å². The average Bonchev–Trinajstić information content (AvgIpc) is 2.37. The number of nitrogens with zero attached hydrogens (tertiary/aromatic N) is 1. The van der Waals surface area contributed by atoms with E-state index in [2.05, 4.69) is 11.8 Å². The van der Waals surface area contributed by atoms with Crippen LogP contribution in [0, 0.1) is 0 Å². The Morgan fingerprint density at radius 1 is 1.22 bits per heavy atom. The molecule has 2 fully saturated rings. The summed E-state index contributed by atoms with van der Waals surface area (Å²) in [5.41, 5.74) is -0.412. The predicted molar refractivity (Wildman–Crippen MR) is 73.7 cm³/mol. The minimum atomic E-state index is -0.412. The Bertz CT molecular complexity index is 239. The molecule has 0 spiro atoms. The Morgan fingerprint density at radius 3 is 2.72 bits per heavy atom. The lowest BCUT2D eigenvalue weighted by atomic mass is 9.84. The van der Waals surface area contributed by atoms with Crippen LogP contribution in [0.15, 0.2) is 0 Å². The zero-order chi connectivity index (χ0) is 12.8. The first-order valence-electron chi connectivity index (χ1n) is 7.78. The molecule has 2 rings (SSSR count). The molecule has 1 heterocycles. The molecule has 0 radical (unpaired) electrons. The molecule has 0 aromatic heterocycles. The number of ether oxygens (including phenoxy) is 1. The lowest BCUT2D eigenvalue weighted by Gasteiger charge is -2.40. The van der Waals surface area contributed by atoms with Gasteiger partial charge in [0.25, 0.3) is 0 Å². The summed E-state index contributed by atoms with van der Waals surface area (Å²) < 4.78 is 5.86. The summed E-state index contributed by atoms with van der Waals surface area (Å²) in [7, 11) is 0. The van der Waals surface area contributed by atoms with Gasteiger partial charge in [-0.3, -0.25) is 4.90 Å². The molecule has 3 heteroatoms. The van der Waals surface area contributed by atoms with Crippen LogP contribution < -0.4 is 0 Å². The predicted octanol–water partition coefficient (Wildman–Crippen LogP) is 2.57. The van der Waals surface area contributed by atoms with Crippen molar-refractivity contribution in [3.05, 3.63) is 0 Å². The van der Waals surface area contributed by atoms with Gasteiger partial charge in [-0.05, 0) is 38.6 Å². The van der Waals surface area contributed by atoms with Crippen molar-refractivity contribution in [2.45, 2.75) is 70.0 Å². The standard InChI is InChI=1S/C15H29NO2/c1-2-11-18-14-7-6-10-16(12-14)13-15(17)8-4-3-5-9-15/h14,17H,2-13H2,1H3. The van der Waals surface area contributed by atoms with Gasteiger partial charge in [-0.15, -0.1) is 0 Å². The van der Waals surface area contributed by atoms with Crippen molar-refractivity contribution >= 4 is 0 Å². The third-order valence-electron chi connectivity index (χ3n) is 4.32. The smallest absolute Gasteiger partial charge is 0.0774 e. The zero-order valence-electron chi connectivity index (χ0n) is 11.9. The van der Waals surface area contributed by atoms with Gasteiger partial charge in [0.15, 0.2) is 0 Å². The van der Waals surface area contributed by atoms with Crippen LogP contribution in [0.4, 0.5) is 0 Å². The molecule has 0 bridgehead atoms. The summed E-state index contributed by atoms with van der Waals surface area (Å²) >= 11 is 0. The second-order valence-corrected chi connectivity index (χ2v) is 6.16. The number of rotatable bonds is 5. The van der Waals surface area contributed by atoms with Crippen molar-refractivity contribution in [2.75, 3.05) is 26.2 Å². The van der Waals surface area contributed by atoms with Gasteiger partial charge in [-0.1, -0.05) is 26.2 Å². The van der Waals surface area contributed by atoms with Crippen molar-refractivity contribution in [2.24, 2.45) is 0 Å². The van der Waals surface area contributed by atoms with Gasteiger partial charge in [0, 0.05) is 19.7 Å². The molecule has 1 aliphatic heterocycles. The molecular formula is C15H29NO2. The van der Waals surface area contributed by atoms with Gasteiger partial charge in [0.05, 0.1) is 11.7 Å². The monoisotopic (exact) mass is 255 g/mol. The summed E-state index contributed by atoms with van der Waals surface area (Å²) in [6.07, 6.45) is 9.56. The number of piperidine rings is 1. The van der Waals surface area contributed by atoms with Crippen molar-refractivity contribution < 1.29 is 9.84 Å². The van der Waals surface area contributed by atoms with Gasteiger partial charge in [-0.25, -0.2) is 0 Å². The van der Waals surface area contributed by atoms with E-state index in [9.17, 15) is 5.11 Å². The molecule has 1 saturated carbocycles. The van der Waals surface area contributed by atoms with Crippen molar-refractivity contribution in [1.82, 2.24) is 4.90 Å². The third-order valence-corrected chi connectivity index (χ3v) is 4.32. The van der Waals surface area contributed by atoms with E-state index in [1.54, 1.807) is 0 Å². The fourth-order valence-corrected chi connectivity index (χ4v) is 3.36. The molecule has 1 unspecified atom stereocenters. The SMILES string of the molecule is CCCOC1CCCN(CC2(O)CCCCC2)C1. The molecule has 0 amide bonds. The number of hydrogen-bond donors (Lipinski definition) is 1. The Hall–Kier alpha value is -0.120. The van der Waals surface area contributed by atoms with Gasteiger partial charge in [-0.2, -0.15) is 0 Å². The fraction of sp³-hybridized carbons (Fsp3) is 1.00. The van der Waals surface area contributed by atoms with Crippen LogP contribution in [0.5, 0.6) is 0 Å². The minimum absolute atomic E-state index is 0.394. The van der Waals surface area contributed by atoms with Crippen molar-refractivity contribution in [1.29, 1.82) is 0 Å². The second-order valence-electron chi connectivity index (χ2n) is 6.16. The molecule has 0 aromatic rings. The molecule has 0 aromatic carbocycles. The first kappa shape index (κ1) is 14.3. The van der Waals surface area contributed by atoms with Crippen LogP contribution in [0.25, 0.3) is 0 Å². The van der Waals surface area contributed by atoms with Gasteiger partial charge in [0.1, 0.15) is 0 Å². The summed E-state index contributed by atoms with van der Waals surface area (Å²) in [4.78, 5) is 2.43. The summed E-state index contributed by atoms with van der Waals surface area (Å²) in [6.45, 7) is 6.05. The third kappa shape index (κ3) is 4.22. The normalized spacial score (nSPS) is 29.3. The molecule has 1 aliphatic carbocycles. The summed E-state index contributed by atoms with van der Waals surface area (Å²) in [5.74, 6) is 0. The van der Waals surface area contributed by atoms with Crippen molar-refractivity contribution in [3.8, 4) is 0 Å². The van der Waals surface area contributed by atoms with E-state index in [0.29, 0.717) is 6.10 Å². The number of aliphatic hydroxyl groups is 1.